The van der Waals surface area contributed by atoms with Crippen LogP contribution in [0.5, 0.6) is 17.2 Å². The molecular formula is C20H28ClN3O4S. The molecule has 7 nitrogen and oxygen atoms in total. The number of benzene rings is 1. The molecule has 0 bridgehead atoms. The number of fused-ring (bicyclic) bond motifs is 1. The van der Waals surface area contributed by atoms with E-state index in [0.717, 1.165) is 25.2 Å². The molecule has 2 aromatic rings. The van der Waals surface area contributed by atoms with E-state index in [1.54, 1.807) is 12.1 Å². The maximum absolute atomic E-state index is 12.9. The lowest BCUT2D eigenvalue weighted by molar-refractivity contribution is 0.102. The Morgan fingerprint density at radius 2 is 1.76 bits per heavy atom. The fraction of sp³-hybridized carbons (Fsp3) is 0.500. The lowest BCUT2D eigenvalue weighted by atomic mass is 10.1. The first-order chi connectivity index (χ1) is 13.5. The molecule has 0 saturated heterocycles. The maximum atomic E-state index is 12.9. The highest BCUT2D eigenvalue weighted by Gasteiger charge is 2.22. The van der Waals surface area contributed by atoms with Gasteiger partial charge >= 0.3 is 0 Å². The molecule has 0 unspecified atom stereocenters. The quantitative estimate of drug-likeness (QED) is 0.667. The number of carbonyl (C=O) groups excluding carboxylic acids is 1. The van der Waals surface area contributed by atoms with Gasteiger partial charge in [0.05, 0.1) is 25.5 Å². The van der Waals surface area contributed by atoms with Gasteiger partial charge in [-0.2, -0.15) is 0 Å². The molecule has 0 atom stereocenters. The van der Waals surface area contributed by atoms with E-state index in [9.17, 15) is 4.79 Å². The summed E-state index contributed by atoms with van der Waals surface area (Å²) < 4.78 is 17.1. The Balaban J connectivity index is 0.00000300. The minimum Gasteiger partial charge on any atom is -0.490 e. The van der Waals surface area contributed by atoms with Crippen molar-refractivity contribution in [3.05, 3.63) is 28.3 Å². The second-order valence-corrected chi connectivity index (χ2v) is 7.52. The lowest BCUT2D eigenvalue weighted by Gasteiger charge is -2.20. The van der Waals surface area contributed by atoms with E-state index < -0.39 is 0 Å². The van der Waals surface area contributed by atoms with Crippen LogP contribution in [0.1, 0.15) is 41.7 Å². The number of rotatable bonds is 8. The molecule has 9 heteroatoms. The number of thiazole rings is 1. The Labute approximate surface area is 181 Å². The summed E-state index contributed by atoms with van der Waals surface area (Å²) in [4.78, 5) is 20.9. The van der Waals surface area contributed by atoms with Crippen molar-refractivity contribution in [2.24, 2.45) is 0 Å². The van der Waals surface area contributed by atoms with Gasteiger partial charge in [-0.25, -0.2) is 4.98 Å². The van der Waals surface area contributed by atoms with Gasteiger partial charge in [0.25, 0.3) is 5.91 Å². The number of hydrogen-bond donors (Lipinski definition) is 1. The second kappa shape index (κ2) is 10.7. The Hall–Kier alpha value is -2.03. The van der Waals surface area contributed by atoms with Crippen LogP contribution in [0.15, 0.2) is 12.1 Å². The number of aromatic nitrogens is 1. The van der Waals surface area contributed by atoms with E-state index >= 15 is 0 Å². The standard InChI is InChI=1S/C20H27N3O4S.ClH/c1-5-25-15-10-13(11-16(26-6-2)18(15)27-7-3)19(24)22-20-21-14-8-9-23(4)12-17(14)28-20;/h10-11H,5-9,12H2,1-4H3,(H,21,22,24);1H. The van der Waals surface area contributed by atoms with E-state index in [2.05, 4.69) is 22.2 Å². The molecule has 0 saturated carbocycles. The Kier molecular flexibility index (Phi) is 8.55. The molecule has 1 aromatic heterocycles. The molecule has 29 heavy (non-hydrogen) atoms. The van der Waals surface area contributed by atoms with E-state index in [1.165, 1.54) is 16.2 Å². The summed E-state index contributed by atoms with van der Waals surface area (Å²) in [5.74, 6) is 1.28. The number of amides is 1. The van der Waals surface area contributed by atoms with Crippen molar-refractivity contribution < 1.29 is 19.0 Å². The average Bonchev–Trinajstić information content (AvgIpc) is 3.05. The van der Waals surface area contributed by atoms with E-state index in [0.29, 0.717) is 47.8 Å². The van der Waals surface area contributed by atoms with Gasteiger partial charge in [0, 0.05) is 30.0 Å². The van der Waals surface area contributed by atoms with Gasteiger partial charge in [-0.05, 0) is 40.0 Å². The van der Waals surface area contributed by atoms with E-state index in [4.69, 9.17) is 14.2 Å². The van der Waals surface area contributed by atoms with Gasteiger partial charge < -0.3 is 19.1 Å². The first-order valence-electron chi connectivity index (χ1n) is 9.60. The second-order valence-electron chi connectivity index (χ2n) is 6.43. The average molecular weight is 442 g/mol. The van der Waals surface area contributed by atoms with Gasteiger partial charge in [0.2, 0.25) is 5.75 Å². The molecule has 1 aliphatic rings. The minimum absolute atomic E-state index is 0. The topological polar surface area (TPSA) is 72.9 Å². The first-order valence-corrected chi connectivity index (χ1v) is 10.4. The predicted octanol–water partition coefficient (Wildman–Crippen LogP) is 4.00. The zero-order chi connectivity index (χ0) is 20.1. The first kappa shape index (κ1) is 23.3. The summed E-state index contributed by atoms with van der Waals surface area (Å²) >= 11 is 1.53. The lowest BCUT2D eigenvalue weighted by Crippen LogP contribution is -2.25. The zero-order valence-electron chi connectivity index (χ0n) is 17.2. The smallest absolute Gasteiger partial charge is 0.257 e. The fourth-order valence-electron chi connectivity index (χ4n) is 3.07. The van der Waals surface area contributed by atoms with Crippen LogP contribution in [0.2, 0.25) is 0 Å². The van der Waals surface area contributed by atoms with Crippen LogP contribution in [0.4, 0.5) is 5.13 Å². The number of nitrogens with zero attached hydrogens (tertiary/aromatic N) is 2. The van der Waals surface area contributed by atoms with Crippen LogP contribution in [0.3, 0.4) is 0 Å². The summed E-state index contributed by atoms with van der Waals surface area (Å²) in [6, 6.07) is 3.38. The normalized spacial score (nSPS) is 13.2. The molecule has 1 aromatic carbocycles. The monoisotopic (exact) mass is 441 g/mol. The van der Waals surface area contributed by atoms with Crippen molar-refractivity contribution in [3.8, 4) is 17.2 Å². The molecular weight excluding hydrogens is 414 g/mol. The summed E-state index contributed by atoms with van der Waals surface area (Å²) in [7, 11) is 2.09. The molecule has 160 valence electrons. The van der Waals surface area contributed by atoms with Crippen LogP contribution in [-0.2, 0) is 13.0 Å². The van der Waals surface area contributed by atoms with Crippen molar-refractivity contribution in [1.82, 2.24) is 9.88 Å². The number of likely N-dealkylation sites (N-methyl/N-ethyl adjacent to an activating group) is 1. The molecule has 2 heterocycles. The summed E-state index contributed by atoms with van der Waals surface area (Å²) in [5, 5.41) is 3.54. The summed E-state index contributed by atoms with van der Waals surface area (Å²) in [6.45, 7) is 8.93. The Bertz CT molecular complexity index is 816. The zero-order valence-corrected chi connectivity index (χ0v) is 18.9. The van der Waals surface area contributed by atoms with Crippen LogP contribution in [-0.4, -0.2) is 49.2 Å². The number of anilines is 1. The van der Waals surface area contributed by atoms with Crippen molar-refractivity contribution in [3.63, 3.8) is 0 Å². The largest absolute Gasteiger partial charge is 0.490 e. The SMILES string of the molecule is CCOc1cc(C(=O)Nc2nc3c(s2)CN(C)CC3)cc(OCC)c1OCC.Cl. The highest BCUT2D eigenvalue weighted by molar-refractivity contribution is 7.15. The maximum Gasteiger partial charge on any atom is 0.257 e. The molecule has 1 aliphatic heterocycles. The summed E-state index contributed by atoms with van der Waals surface area (Å²) in [6.07, 6.45) is 0.907. The molecule has 0 radical (unpaired) electrons. The Morgan fingerprint density at radius 1 is 1.14 bits per heavy atom. The third-order valence-corrected chi connectivity index (χ3v) is 5.31. The molecule has 0 spiro atoms. The van der Waals surface area contributed by atoms with Gasteiger partial charge in [-0.1, -0.05) is 0 Å². The number of hydrogen-bond acceptors (Lipinski definition) is 7. The van der Waals surface area contributed by atoms with Crippen LogP contribution in [0, 0.1) is 0 Å². The molecule has 0 aliphatic carbocycles. The molecule has 3 rings (SSSR count). The van der Waals surface area contributed by atoms with Crippen molar-refractivity contribution in [2.45, 2.75) is 33.7 Å². The number of carbonyl (C=O) groups is 1. The van der Waals surface area contributed by atoms with Gasteiger partial charge in [0.15, 0.2) is 16.6 Å². The number of halogens is 1. The number of ether oxygens (including phenoxy) is 3. The van der Waals surface area contributed by atoms with Crippen LogP contribution >= 0.6 is 23.7 Å². The predicted molar refractivity (Wildman–Crippen MR) is 117 cm³/mol. The molecule has 0 fully saturated rings. The third-order valence-electron chi connectivity index (χ3n) is 4.31. The van der Waals surface area contributed by atoms with Gasteiger partial charge in [-0.15, -0.1) is 23.7 Å². The van der Waals surface area contributed by atoms with Crippen molar-refractivity contribution >= 4 is 34.8 Å². The van der Waals surface area contributed by atoms with Crippen molar-refractivity contribution in [2.75, 3.05) is 38.7 Å². The highest BCUT2D eigenvalue weighted by atomic mass is 35.5. The van der Waals surface area contributed by atoms with E-state index in [1.807, 2.05) is 20.8 Å². The minimum atomic E-state index is -0.246. The molecule has 1 amide bonds. The fourth-order valence-corrected chi connectivity index (χ4v) is 4.15. The van der Waals surface area contributed by atoms with Gasteiger partial charge in [-0.3, -0.25) is 10.1 Å². The van der Waals surface area contributed by atoms with Crippen LogP contribution in [0.25, 0.3) is 0 Å². The number of nitrogens with one attached hydrogen (secondary N) is 1. The highest BCUT2D eigenvalue weighted by Crippen LogP contribution is 2.39. The third kappa shape index (κ3) is 5.52. The van der Waals surface area contributed by atoms with E-state index in [-0.39, 0.29) is 18.3 Å². The Morgan fingerprint density at radius 3 is 2.34 bits per heavy atom. The summed E-state index contributed by atoms with van der Waals surface area (Å²) in [5.41, 5.74) is 1.52. The molecule has 1 N–H and O–H groups in total. The van der Waals surface area contributed by atoms with Crippen LogP contribution < -0.4 is 19.5 Å². The van der Waals surface area contributed by atoms with Crippen molar-refractivity contribution in [1.29, 1.82) is 0 Å². The van der Waals surface area contributed by atoms with Gasteiger partial charge in [0.1, 0.15) is 0 Å².